The van der Waals surface area contributed by atoms with Gasteiger partial charge in [0.2, 0.25) is 0 Å². The Hall–Kier alpha value is -1.47. The predicted molar refractivity (Wildman–Crippen MR) is 89.1 cm³/mol. The van der Waals surface area contributed by atoms with Crippen LogP contribution in [0.4, 0.5) is 13.2 Å². The van der Waals surface area contributed by atoms with Gasteiger partial charge in [-0.15, -0.1) is 0 Å². The average molecular weight is 363 g/mol. The molecule has 3 N–H and O–H groups in total. The van der Waals surface area contributed by atoms with Crippen molar-refractivity contribution < 1.29 is 23.1 Å². The Morgan fingerprint density at radius 1 is 1.12 bits per heavy atom. The largest absolute Gasteiger partial charge is 0.490 e. The van der Waals surface area contributed by atoms with Crippen LogP contribution in [0, 0.1) is 17.8 Å². The fourth-order valence-corrected chi connectivity index (χ4v) is 5.06. The van der Waals surface area contributed by atoms with E-state index in [1.807, 2.05) is 0 Å². The van der Waals surface area contributed by atoms with Crippen molar-refractivity contribution in [2.24, 2.45) is 28.5 Å². The second-order valence-corrected chi connectivity index (χ2v) is 7.59. The Balaban J connectivity index is 0.000000277. The van der Waals surface area contributed by atoms with Crippen molar-refractivity contribution in [3.8, 4) is 0 Å². The highest BCUT2D eigenvalue weighted by Crippen LogP contribution is 2.57. The molecular formula is C17H28F3N3O2. The molecule has 0 amide bonds. The summed E-state index contributed by atoms with van der Waals surface area (Å²) in [5, 5.41) is 7.12. The number of rotatable bonds is 3. The van der Waals surface area contributed by atoms with E-state index >= 15 is 0 Å². The van der Waals surface area contributed by atoms with Gasteiger partial charge in [0.25, 0.3) is 0 Å². The molecule has 4 rings (SSSR count). The van der Waals surface area contributed by atoms with Gasteiger partial charge in [0.05, 0.1) is 5.54 Å². The van der Waals surface area contributed by atoms with Gasteiger partial charge in [-0.05, 0) is 70.1 Å². The van der Waals surface area contributed by atoms with Gasteiger partial charge in [-0.1, -0.05) is 0 Å². The number of nitrogens with two attached hydrogens (primary N) is 1. The Kier molecular flexibility index (Phi) is 5.89. The van der Waals surface area contributed by atoms with Crippen LogP contribution in [-0.4, -0.2) is 46.7 Å². The first-order valence-corrected chi connectivity index (χ1v) is 8.99. The van der Waals surface area contributed by atoms with Crippen LogP contribution in [-0.2, 0) is 4.79 Å². The van der Waals surface area contributed by atoms with Crippen molar-refractivity contribution in [3.05, 3.63) is 0 Å². The molecule has 5 nitrogen and oxygen atoms in total. The lowest BCUT2D eigenvalue weighted by Gasteiger charge is -2.55. The molecule has 0 atom stereocenters. The first-order chi connectivity index (χ1) is 11.6. The number of halogens is 3. The van der Waals surface area contributed by atoms with Gasteiger partial charge in [0, 0.05) is 13.1 Å². The minimum Gasteiger partial charge on any atom is -0.475 e. The molecule has 144 valence electrons. The molecule has 0 aromatic rings. The summed E-state index contributed by atoms with van der Waals surface area (Å²) in [5.41, 5.74) is 6.46. The normalized spacial score (nSPS) is 33.6. The van der Waals surface area contributed by atoms with Crippen molar-refractivity contribution in [1.29, 1.82) is 0 Å². The van der Waals surface area contributed by atoms with Gasteiger partial charge >= 0.3 is 12.1 Å². The zero-order valence-corrected chi connectivity index (χ0v) is 14.9. The van der Waals surface area contributed by atoms with Crippen LogP contribution >= 0.6 is 0 Å². The van der Waals surface area contributed by atoms with Crippen LogP contribution < -0.4 is 5.73 Å². The lowest BCUT2D eigenvalue weighted by atomic mass is 9.53. The maximum absolute atomic E-state index is 10.6. The molecule has 8 heteroatoms. The van der Waals surface area contributed by atoms with Crippen molar-refractivity contribution in [2.45, 2.75) is 64.1 Å². The summed E-state index contributed by atoms with van der Waals surface area (Å²) >= 11 is 0. The summed E-state index contributed by atoms with van der Waals surface area (Å²) in [6.07, 6.45) is 3.25. The third-order valence-corrected chi connectivity index (χ3v) is 5.69. The summed E-state index contributed by atoms with van der Waals surface area (Å²) in [5.74, 6) is 0.882. The van der Waals surface area contributed by atoms with Crippen molar-refractivity contribution in [2.75, 3.05) is 13.1 Å². The number of aliphatic imine (C=N–C) groups is 1. The van der Waals surface area contributed by atoms with E-state index in [0.29, 0.717) is 0 Å². The summed E-state index contributed by atoms with van der Waals surface area (Å²) in [7, 11) is 0. The minimum absolute atomic E-state index is 0.224. The van der Waals surface area contributed by atoms with Crippen LogP contribution in [0.25, 0.3) is 0 Å². The van der Waals surface area contributed by atoms with E-state index in [1.54, 1.807) is 0 Å². The zero-order valence-electron chi connectivity index (χ0n) is 14.9. The predicted octanol–water partition coefficient (Wildman–Crippen LogP) is 3.25. The van der Waals surface area contributed by atoms with E-state index in [0.717, 1.165) is 36.8 Å². The molecule has 4 saturated carbocycles. The Labute approximate surface area is 146 Å². The second-order valence-electron chi connectivity index (χ2n) is 7.59. The second kappa shape index (κ2) is 7.41. The lowest BCUT2D eigenvalue weighted by molar-refractivity contribution is -0.192. The van der Waals surface area contributed by atoms with E-state index in [-0.39, 0.29) is 5.54 Å². The fraction of sp³-hybridized carbons (Fsp3) is 0.882. The Bertz CT molecular complexity index is 480. The molecule has 25 heavy (non-hydrogen) atoms. The van der Waals surface area contributed by atoms with Crippen LogP contribution in [0.1, 0.15) is 52.4 Å². The molecule has 0 heterocycles. The molecule has 4 fully saturated rings. The smallest absolute Gasteiger partial charge is 0.475 e. The Morgan fingerprint density at radius 2 is 1.48 bits per heavy atom. The first kappa shape index (κ1) is 19.8. The van der Waals surface area contributed by atoms with E-state index in [4.69, 9.17) is 20.6 Å². The van der Waals surface area contributed by atoms with Gasteiger partial charge in [-0.25, -0.2) is 9.79 Å². The number of hydrogen-bond acceptors (Lipinski definition) is 2. The van der Waals surface area contributed by atoms with E-state index in [2.05, 4.69) is 18.7 Å². The minimum atomic E-state index is -5.08. The maximum Gasteiger partial charge on any atom is 0.490 e. The van der Waals surface area contributed by atoms with Gasteiger partial charge in [0.1, 0.15) is 0 Å². The van der Waals surface area contributed by atoms with Gasteiger partial charge in [-0.2, -0.15) is 13.2 Å². The number of hydrogen-bond donors (Lipinski definition) is 2. The quantitative estimate of drug-likeness (QED) is 0.596. The van der Waals surface area contributed by atoms with Crippen LogP contribution in [0.3, 0.4) is 0 Å². The van der Waals surface area contributed by atoms with E-state index < -0.39 is 12.1 Å². The highest BCUT2D eigenvalue weighted by atomic mass is 19.4. The summed E-state index contributed by atoms with van der Waals surface area (Å²) in [4.78, 5) is 16.1. The van der Waals surface area contributed by atoms with Crippen LogP contribution in [0.5, 0.6) is 0 Å². The van der Waals surface area contributed by atoms with Crippen LogP contribution in [0.15, 0.2) is 4.99 Å². The molecule has 0 aromatic carbocycles. The Morgan fingerprint density at radius 3 is 1.76 bits per heavy atom. The lowest BCUT2D eigenvalue weighted by Crippen LogP contribution is -2.51. The number of carbonyl (C=O) groups is 1. The number of guanidine groups is 1. The molecule has 0 radical (unpaired) electrons. The first-order valence-electron chi connectivity index (χ1n) is 8.99. The molecule has 4 aliphatic rings. The standard InChI is InChI=1S/C15H27N3.C2HF3O2/c1-3-18(4-2)14(16)17-15-8-11-5-12(9-15)7-13(6-11)10-15;3-2(4,5)1(6)7/h11-13H,3-10H2,1-2H3,(H2,16,17);(H,6,7). The third kappa shape index (κ3) is 4.79. The molecule has 0 spiro atoms. The highest BCUT2D eigenvalue weighted by Gasteiger charge is 2.51. The molecule has 0 aliphatic heterocycles. The molecular weight excluding hydrogens is 335 g/mol. The number of carboxylic acid groups (broad SMARTS) is 1. The van der Waals surface area contributed by atoms with E-state index in [9.17, 15) is 13.2 Å². The molecule has 0 saturated heterocycles. The third-order valence-electron chi connectivity index (χ3n) is 5.69. The monoisotopic (exact) mass is 363 g/mol. The summed E-state index contributed by atoms with van der Waals surface area (Å²) < 4.78 is 31.7. The summed E-state index contributed by atoms with van der Waals surface area (Å²) in [6.45, 7) is 6.26. The van der Waals surface area contributed by atoms with Crippen molar-refractivity contribution in [1.82, 2.24) is 4.90 Å². The topological polar surface area (TPSA) is 78.9 Å². The fourth-order valence-electron chi connectivity index (χ4n) is 5.06. The van der Waals surface area contributed by atoms with Crippen molar-refractivity contribution >= 4 is 11.9 Å². The maximum atomic E-state index is 10.6. The van der Waals surface area contributed by atoms with E-state index in [1.165, 1.54) is 38.5 Å². The SMILES string of the molecule is CCN(CC)C(N)=NC12CC3CC(CC(C3)C1)C2.O=C(O)C(F)(F)F. The van der Waals surface area contributed by atoms with Crippen molar-refractivity contribution in [3.63, 3.8) is 0 Å². The zero-order chi connectivity index (χ0) is 18.8. The summed E-state index contributed by atoms with van der Waals surface area (Å²) in [6, 6.07) is 0. The van der Waals surface area contributed by atoms with Gasteiger partial charge < -0.3 is 15.7 Å². The number of carboxylic acids is 1. The highest BCUT2D eigenvalue weighted by molar-refractivity contribution is 5.78. The number of alkyl halides is 3. The van der Waals surface area contributed by atoms with Crippen LogP contribution in [0.2, 0.25) is 0 Å². The molecule has 0 aromatic heterocycles. The number of nitrogens with zero attached hydrogens (tertiary/aromatic N) is 2. The van der Waals surface area contributed by atoms with Gasteiger partial charge in [-0.3, -0.25) is 0 Å². The number of aliphatic carboxylic acids is 1. The van der Waals surface area contributed by atoms with Gasteiger partial charge in [0.15, 0.2) is 5.96 Å². The molecule has 4 aliphatic carbocycles. The molecule has 0 unspecified atom stereocenters. The molecule has 4 bridgehead atoms. The average Bonchev–Trinajstić information content (AvgIpc) is 2.45.